The Labute approximate surface area is 211 Å². The van der Waals surface area contributed by atoms with Gasteiger partial charge in [0.05, 0.1) is 32.1 Å². The molecule has 0 atom stereocenters. The van der Waals surface area contributed by atoms with E-state index in [2.05, 4.69) is 41.8 Å². The molecule has 0 amide bonds. The Hall–Kier alpha value is -3.76. The minimum atomic E-state index is 0.274. The summed E-state index contributed by atoms with van der Waals surface area (Å²) in [4.78, 5) is 24.8. The lowest BCUT2D eigenvalue weighted by atomic mass is 10.2. The van der Waals surface area contributed by atoms with Gasteiger partial charge < -0.3 is 28.9 Å². The summed E-state index contributed by atoms with van der Waals surface area (Å²) in [5.41, 5.74) is 3.01. The summed E-state index contributed by atoms with van der Waals surface area (Å²) >= 11 is 0. The van der Waals surface area contributed by atoms with Crippen molar-refractivity contribution in [3.05, 3.63) is 54.1 Å². The molecule has 2 aliphatic heterocycles. The molecule has 10 nitrogen and oxygen atoms in total. The van der Waals surface area contributed by atoms with Crippen LogP contribution in [0.5, 0.6) is 11.8 Å². The van der Waals surface area contributed by atoms with Crippen molar-refractivity contribution >= 4 is 29.5 Å². The molecule has 0 saturated carbocycles. The van der Waals surface area contributed by atoms with E-state index in [4.69, 9.17) is 19.2 Å². The van der Waals surface area contributed by atoms with Crippen LogP contribution in [0, 0.1) is 0 Å². The largest absolute Gasteiger partial charge is 0.424 e. The summed E-state index contributed by atoms with van der Waals surface area (Å²) in [7, 11) is 4.04. The molecule has 2 saturated heterocycles. The van der Waals surface area contributed by atoms with E-state index in [9.17, 15) is 0 Å². The van der Waals surface area contributed by atoms with Gasteiger partial charge in [-0.1, -0.05) is 0 Å². The van der Waals surface area contributed by atoms with E-state index in [1.165, 1.54) is 0 Å². The lowest BCUT2D eigenvalue weighted by Crippen LogP contribution is -2.40. The van der Waals surface area contributed by atoms with Gasteiger partial charge in [-0.2, -0.15) is 15.0 Å². The molecule has 36 heavy (non-hydrogen) atoms. The van der Waals surface area contributed by atoms with Gasteiger partial charge in [-0.05, 0) is 54.1 Å². The maximum Gasteiger partial charge on any atom is 0.328 e. The van der Waals surface area contributed by atoms with Crippen LogP contribution in [0.2, 0.25) is 0 Å². The highest BCUT2D eigenvalue weighted by Crippen LogP contribution is 2.24. The van der Waals surface area contributed by atoms with E-state index in [0.717, 1.165) is 43.1 Å². The van der Waals surface area contributed by atoms with Crippen LogP contribution in [0.4, 0.5) is 23.3 Å². The lowest BCUT2D eigenvalue weighted by Gasteiger charge is -2.30. The van der Waals surface area contributed by atoms with Crippen molar-refractivity contribution in [3.63, 3.8) is 0 Å². The first-order valence-corrected chi connectivity index (χ1v) is 12.1. The lowest BCUT2D eigenvalue weighted by molar-refractivity contribution is 0.121. The average Bonchev–Trinajstić information content (AvgIpc) is 2.94. The van der Waals surface area contributed by atoms with Crippen molar-refractivity contribution in [1.82, 2.24) is 15.0 Å². The van der Waals surface area contributed by atoms with Crippen LogP contribution in [0.15, 0.2) is 53.5 Å². The summed E-state index contributed by atoms with van der Waals surface area (Å²) in [6, 6.07) is 16.1. The van der Waals surface area contributed by atoms with Gasteiger partial charge in [-0.25, -0.2) is 0 Å². The molecule has 5 rings (SSSR count). The number of morpholine rings is 2. The fraction of sp³-hybridized carbons (Fsp3) is 0.385. The van der Waals surface area contributed by atoms with Gasteiger partial charge in [0.2, 0.25) is 11.9 Å². The third kappa shape index (κ3) is 6.07. The molecular formula is C26H31N7O3. The van der Waals surface area contributed by atoms with Gasteiger partial charge in [0.15, 0.2) is 0 Å². The minimum absolute atomic E-state index is 0.274. The Morgan fingerprint density at radius 2 is 1.33 bits per heavy atom. The Kier molecular flexibility index (Phi) is 7.53. The predicted octanol–water partition coefficient (Wildman–Crippen LogP) is 3.15. The fourth-order valence-corrected chi connectivity index (χ4v) is 3.90. The number of benzene rings is 2. The quantitative estimate of drug-likeness (QED) is 0.464. The number of hydrogen-bond donors (Lipinski definition) is 0. The van der Waals surface area contributed by atoms with Crippen molar-refractivity contribution in [2.45, 2.75) is 0 Å². The summed E-state index contributed by atoms with van der Waals surface area (Å²) < 4.78 is 17.0. The third-order valence-electron chi connectivity index (χ3n) is 6.00. The Bertz CT molecular complexity index is 1120. The van der Waals surface area contributed by atoms with Gasteiger partial charge in [-0.15, -0.1) is 0 Å². The molecule has 10 heteroatoms. The first-order valence-electron chi connectivity index (χ1n) is 12.1. The molecule has 1 aromatic heterocycles. The van der Waals surface area contributed by atoms with Crippen LogP contribution in [0.25, 0.3) is 0 Å². The third-order valence-corrected chi connectivity index (χ3v) is 6.00. The number of aliphatic imine (C=N–C) groups is 1. The molecule has 0 N–H and O–H groups in total. The second-order valence-electron chi connectivity index (χ2n) is 8.76. The van der Waals surface area contributed by atoms with Crippen molar-refractivity contribution in [2.24, 2.45) is 4.99 Å². The van der Waals surface area contributed by atoms with Gasteiger partial charge in [0, 0.05) is 52.2 Å². The van der Waals surface area contributed by atoms with Crippen molar-refractivity contribution in [3.8, 4) is 11.8 Å². The van der Waals surface area contributed by atoms with E-state index >= 15 is 0 Å². The molecule has 0 spiro atoms. The van der Waals surface area contributed by atoms with Crippen LogP contribution in [0.1, 0.15) is 5.56 Å². The highest BCUT2D eigenvalue weighted by Gasteiger charge is 2.21. The highest BCUT2D eigenvalue weighted by molar-refractivity contribution is 5.82. The normalized spacial score (nSPS) is 16.4. The second kappa shape index (κ2) is 11.3. The van der Waals surface area contributed by atoms with E-state index in [0.29, 0.717) is 44.1 Å². The summed E-state index contributed by atoms with van der Waals surface area (Å²) in [6.45, 7) is 5.54. The Morgan fingerprint density at radius 3 is 1.86 bits per heavy atom. The zero-order valence-corrected chi connectivity index (χ0v) is 20.7. The second-order valence-corrected chi connectivity index (χ2v) is 8.76. The molecule has 0 aliphatic carbocycles. The first-order chi connectivity index (χ1) is 17.6. The molecule has 188 valence electrons. The van der Waals surface area contributed by atoms with Gasteiger partial charge >= 0.3 is 6.01 Å². The number of rotatable bonds is 7. The highest BCUT2D eigenvalue weighted by atomic mass is 16.5. The van der Waals surface area contributed by atoms with E-state index in [1.807, 2.05) is 56.7 Å². The van der Waals surface area contributed by atoms with Crippen LogP contribution in [-0.2, 0) is 9.47 Å². The maximum absolute atomic E-state index is 6.07. The van der Waals surface area contributed by atoms with Crippen LogP contribution in [0.3, 0.4) is 0 Å². The number of hydrogen-bond acceptors (Lipinski definition) is 10. The van der Waals surface area contributed by atoms with Crippen molar-refractivity contribution in [1.29, 1.82) is 0 Å². The molecule has 0 unspecified atom stereocenters. The average molecular weight is 490 g/mol. The fourth-order valence-electron chi connectivity index (χ4n) is 3.90. The smallest absolute Gasteiger partial charge is 0.328 e. The number of anilines is 3. The molecule has 3 heterocycles. The Morgan fingerprint density at radius 1 is 0.778 bits per heavy atom. The molecule has 2 fully saturated rings. The van der Waals surface area contributed by atoms with E-state index in [1.54, 1.807) is 0 Å². The SMILES string of the molecule is CN(C)c1ccc(N=Cc2ccc(Oc3nc(N4CCOCC4)nc(N4CCOCC4)n3)cc2)cc1. The summed E-state index contributed by atoms with van der Waals surface area (Å²) in [6.07, 6.45) is 1.84. The van der Waals surface area contributed by atoms with E-state index in [-0.39, 0.29) is 6.01 Å². The van der Waals surface area contributed by atoms with Gasteiger partial charge in [-0.3, -0.25) is 4.99 Å². The molecule has 0 bridgehead atoms. The van der Waals surface area contributed by atoms with Crippen LogP contribution in [-0.4, -0.2) is 87.9 Å². The molecule has 3 aromatic rings. The maximum atomic E-state index is 6.07. The van der Waals surface area contributed by atoms with E-state index < -0.39 is 0 Å². The zero-order valence-electron chi connectivity index (χ0n) is 20.7. The summed E-state index contributed by atoms with van der Waals surface area (Å²) in [5, 5.41) is 0. The molecular weight excluding hydrogens is 458 g/mol. The molecule has 2 aliphatic rings. The first kappa shape index (κ1) is 24.0. The summed E-state index contributed by atoms with van der Waals surface area (Å²) in [5.74, 6) is 1.86. The number of nitrogens with zero attached hydrogens (tertiary/aromatic N) is 7. The van der Waals surface area contributed by atoms with Gasteiger partial charge in [0.25, 0.3) is 0 Å². The minimum Gasteiger partial charge on any atom is -0.424 e. The molecule has 0 radical (unpaired) electrons. The van der Waals surface area contributed by atoms with Crippen molar-refractivity contribution < 1.29 is 14.2 Å². The number of ether oxygens (including phenoxy) is 3. The van der Waals surface area contributed by atoms with Crippen molar-refractivity contribution in [2.75, 3.05) is 81.4 Å². The monoisotopic (exact) mass is 489 g/mol. The Balaban J connectivity index is 1.30. The van der Waals surface area contributed by atoms with Gasteiger partial charge in [0.1, 0.15) is 5.75 Å². The topological polar surface area (TPSA) is 88.4 Å². The predicted molar refractivity (Wildman–Crippen MR) is 140 cm³/mol. The zero-order chi connectivity index (χ0) is 24.7. The standard InChI is InChI=1S/C26H31N7O3/c1-31(2)22-7-5-21(6-8-22)27-19-20-3-9-23(10-4-20)36-26-29-24(32-11-15-34-16-12-32)28-25(30-26)33-13-17-35-18-14-33/h3-10,19H,11-18H2,1-2H3. The van der Waals surface area contributed by atoms with Crippen LogP contribution >= 0.6 is 0 Å². The van der Waals surface area contributed by atoms with Crippen LogP contribution < -0.4 is 19.4 Å². The molecule has 2 aromatic carbocycles. The number of aromatic nitrogens is 3.